The van der Waals surface area contributed by atoms with E-state index in [1.807, 2.05) is 31.2 Å². The first-order valence-electron chi connectivity index (χ1n) is 10.5. The molecule has 0 saturated carbocycles. The minimum atomic E-state index is -0.0382. The highest BCUT2D eigenvalue weighted by Crippen LogP contribution is 2.20. The van der Waals surface area contributed by atoms with Crippen molar-refractivity contribution in [2.24, 2.45) is 10.9 Å². The fourth-order valence-corrected chi connectivity index (χ4v) is 3.46. The molecule has 0 radical (unpaired) electrons. The molecule has 0 aromatic heterocycles. The normalized spacial score (nSPS) is 15.7. The lowest BCUT2D eigenvalue weighted by atomic mass is 9.93. The Labute approximate surface area is 197 Å². The van der Waals surface area contributed by atoms with E-state index in [1.165, 1.54) is 0 Å². The van der Waals surface area contributed by atoms with Gasteiger partial charge < -0.3 is 20.9 Å². The summed E-state index contributed by atoms with van der Waals surface area (Å²) in [4.78, 5) is 30.6. The van der Waals surface area contributed by atoms with Crippen LogP contribution in [0, 0.1) is 5.92 Å². The predicted molar refractivity (Wildman–Crippen MR) is 132 cm³/mol. The van der Waals surface area contributed by atoms with Crippen LogP contribution in [0.2, 0.25) is 0 Å². The number of halogens is 1. The van der Waals surface area contributed by atoms with Gasteiger partial charge in [-0.3, -0.25) is 14.6 Å². The summed E-state index contributed by atoms with van der Waals surface area (Å²) < 4.78 is 0. The van der Waals surface area contributed by atoms with Crippen molar-refractivity contribution < 1.29 is 9.59 Å². The zero-order valence-electron chi connectivity index (χ0n) is 18.5. The van der Waals surface area contributed by atoms with Crippen molar-refractivity contribution in [3.8, 4) is 0 Å². The Bertz CT molecular complexity index is 717. The summed E-state index contributed by atoms with van der Waals surface area (Å²) in [7, 11) is 3.47. The fourth-order valence-electron chi connectivity index (χ4n) is 3.46. The number of piperidine rings is 1. The Kier molecular flexibility index (Phi) is 11.8. The monoisotopic (exact) mass is 529 g/mol. The maximum atomic E-state index is 12.3. The molecule has 1 aliphatic rings. The molecule has 0 bridgehead atoms. The second-order valence-corrected chi connectivity index (χ2v) is 7.69. The van der Waals surface area contributed by atoms with Gasteiger partial charge in [-0.25, -0.2) is 0 Å². The molecule has 1 saturated heterocycles. The van der Waals surface area contributed by atoms with Crippen LogP contribution in [-0.2, 0) is 11.3 Å². The van der Waals surface area contributed by atoms with Crippen molar-refractivity contribution in [3.63, 3.8) is 0 Å². The van der Waals surface area contributed by atoms with Crippen LogP contribution >= 0.6 is 24.0 Å². The van der Waals surface area contributed by atoms with Crippen molar-refractivity contribution in [1.29, 1.82) is 0 Å². The molecule has 2 rings (SSSR count). The topological polar surface area (TPSA) is 85.8 Å². The van der Waals surface area contributed by atoms with Gasteiger partial charge in [0.25, 0.3) is 5.91 Å². The van der Waals surface area contributed by atoms with Crippen LogP contribution in [0.4, 0.5) is 0 Å². The lowest BCUT2D eigenvalue weighted by molar-refractivity contribution is -0.121. The molecule has 3 N–H and O–H groups in total. The second-order valence-electron chi connectivity index (χ2n) is 7.69. The van der Waals surface area contributed by atoms with Crippen molar-refractivity contribution in [2.75, 3.05) is 27.2 Å². The molecule has 168 valence electrons. The Morgan fingerprint density at radius 3 is 2.57 bits per heavy atom. The van der Waals surface area contributed by atoms with Crippen LogP contribution in [0.3, 0.4) is 0 Å². The molecular formula is C22H36IN5O2. The minimum absolute atomic E-state index is 0. The number of benzene rings is 1. The molecule has 1 aliphatic heterocycles. The zero-order chi connectivity index (χ0) is 21.2. The summed E-state index contributed by atoms with van der Waals surface area (Å²) >= 11 is 0. The van der Waals surface area contributed by atoms with Crippen molar-refractivity contribution in [1.82, 2.24) is 20.9 Å². The van der Waals surface area contributed by atoms with Gasteiger partial charge in [0.05, 0.1) is 0 Å². The first kappa shape index (κ1) is 26.2. The van der Waals surface area contributed by atoms with Crippen LogP contribution in [0.1, 0.15) is 55.5 Å². The Balaban J connectivity index is 0.00000450. The van der Waals surface area contributed by atoms with Gasteiger partial charge in [0.2, 0.25) is 5.91 Å². The average Bonchev–Trinajstić information content (AvgIpc) is 2.75. The van der Waals surface area contributed by atoms with E-state index in [0.29, 0.717) is 24.4 Å². The van der Waals surface area contributed by atoms with Gasteiger partial charge in [-0.2, -0.15) is 0 Å². The fraction of sp³-hybridized carbons (Fsp3) is 0.591. The maximum absolute atomic E-state index is 12.3. The number of hydrogen-bond acceptors (Lipinski definition) is 3. The molecular weight excluding hydrogens is 493 g/mol. The minimum Gasteiger partial charge on any atom is -0.359 e. The highest BCUT2D eigenvalue weighted by atomic mass is 127. The Morgan fingerprint density at radius 2 is 1.97 bits per heavy atom. The van der Waals surface area contributed by atoms with Crippen LogP contribution in [-0.4, -0.2) is 55.9 Å². The van der Waals surface area contributed by atoms with Gasteiger partial charge in [-0.1, -0.05) is 19.1 Å². The molecule has 0 spiro atoms. The van der Waals surface area contributed by atoms with E-state index in [4.69, 9.17) is 0 Å². The van der Waals surface area contributed by atoms with Gasteiger partial charge >= 0.3 is 0 Å². The highest BCUT2D eigenvalue weighted by Gasteiger charge is 2.23. The van der Waals surface area contributed by atoms with E-state index in [0.717, 1.165) is 43.9 Å². The average molecular weight is 529 g/mol. The van der Waals surface area contributed by atoms with Crippen LogP contribution in [0.15, 0.2) is 29.3 Å². The number of hydrogen-bond donors (Lipinski definition) is 3. The molecule has 2 amide bonds. The van der Waals surface area contributed by atoms with Crippen molar-refractivity contribution in [3.05, 3.63) is 35.4 Å². The summed E-state index contributed by atoms with van der Waals surface area (Å²) in [5.74, 6) is 1.37. The zero-order valence-corrected chi connectivity index (χ0v) is 20.9. The SMILES string of the molecule is CCC(C)NC(=O)c1cccc(CNC(=NC)N2CCC(CC(=O)NC)CC2)c1.I. The number of carbonyl (C=O) groups is 2. The predicted octanol–water partition coefficient (Wildman–Crippen LogP) is 2.76. The van der Waals surface area contributed by atoms with Crippen molar-refractivity contribution >= 4 is 41.8 Å². The molecule has 1 fully saturated rings. The molecule has 1 atom stereocenters. The van der Waals surface area contributed by atoms with Crippen LogP contribution < -0.4 is 16.0 Å². The largest absolute Gasteiger partial charge is 0.359 e. The third-order valence-corrected chi connectivity index (χ3v) is 5.51. The standard InChI is InChI=1S/C22H35N5O2.HI/c1-5-16(2)26-21(29)19-8-6-7-18(13-19)15-25-22(24-4)27-11-9-17(10-12-27)14-20(28)23-3;/h6-8,13,16-17H,5,9-12,14-15H2,1-4H3,(H,23,28)(H,24,25)(H,26,29);1H. The number of nitrogens with one attached hydrogen (secondary N) is 3. The number of amides is 2. The summed E-state index contributed by atoms with van der Waals surface area (Å²) in [5, 5.41) is 9.11. The quantitative estimate of drug-likeness (QED) is 0.288. The van der Waals surface area contributed by atoms with E-state index in [1.54, 1.807) is 14.1 Å². The summed E-state index contributed by atoms with van der Waals surface area (Å²) in [6.07, 6.45) is 3.48. The Hall–Kier alpha value is -1.84. The number of aliphatic imine (C=N–C) groups is 1. The molecule has 1 unspecified atom stereocenters. The molecule has 30 heavy (non-hydrogen) atoms. The molecule has 0 aliphatic carbocycles. The van der Waals surface area contributed by atoms with Gasteiger partial charge in [0.15, 0.2) is 5.96 Å². The molecule has 7 nitrogen and oxygen atoms in total. The van der Waals surface area contributed by atoms with Crippen molar-refractivity contribution in [2.45, 2.75) is 52.1 Å². The third kappa shape index (κ3) is 8.12. The van der Waals surface area contributed by atoms with E-state index in [9.17, 15) is 9.59 Å². The summed E-state index contributed by atoms with van der Waals surface area (Å²) in [5.41, 5.74) is 1.71. The molecule has 1 aromatic rings. The third-order valence-electron chi connectivity index (χ3n) is 5.51. The highest BCUT2D eigenvalue weighted by molar-refractivity contribution is 14.0. The summed E-state index contributed by atoms with van der Waals surface area (Å²) in [6.45, 7) is 6.44. The van der Waals surface area contributed by atoms with Gasteiger partial charge in [-0.15, -0.1) is 24.0 Å². The summed E-state index contributed by atoms with van der Waals surface area (Å²) in [6, 6.07) is 7.85. The second kappa shape index (κ2) is 13.5. The molecule has 1 heterocycles. The van der Waals surface area contributed by atoms with Gasteiger partial charge in [-0.05, 0) is 49.8 Å². The van der Waals surface area contributed by atoms with Crippen LogP contribution in [0.25, 0.3) is 0 Å². The van der Waals surface area contributed by atoms with E-state index >= 15 is 0 Å². The number of rotatable bonds is 7. The lowest BCUT2D eigenvalue weighted by Gasteiger charge is -2.34. The van der Waals surface area contributed by atoms with Gasteiger partial charge in [0, 0.05) is 51.8 Å². The smallest absolute Gasteiger partial charge is 0.251 e. The van der Waals surface area contributed by atoms with E-state index in [2.05, 4.69) is 32.8 Å². The first-order chi connectivity index (χ1) is 14.0. The first-order valence-corrected chi connectivity index (χ1v) is 10.5. The number of likely N-dealkylation sites (tertiary alicyclic amines) is 1. The molecule has 1 aromatic carbocycles. The van der Waals surface area contributed by atoms with E-state index in [-0.39, 0.29) is 41.8 Å². The number of carbonyl (C=O) groups excluding carboxylic acids is 2. The maximum Gasteiger partial charge on any atom is 0.251 e. The molecule has 8 heteroatoms. The Morgan fingerprint density at radius 1 is 1.27 bits per heavy atom. The van der Waals surface area contributed by atoms with E-state index < -0.39 is 0 Å². The number of nitrogens with zero attached hydrogens (tertiary/aromatic N) is 2. The van der Waals surface area contributed by atoms with Crippen LogP contribution in [0.5, 0.6) is 0 Å². The lowest BCUT2D eigenvalue weighted by Crippen LogP contribution is -2.45. The van der Waals surface area contributed by atoms with Gasteiger partial charge in [0.1, 0.15) is 0 Å². The number of guanidine groups is 1.